The fourth-order valence-electron chi connectivity index (χ4n) is 2.28. The van der Waals surface area contributed by atoms with Crippen LogP contribution in [0, 0.1) is 5.82 Å². The molecule has 112 valence electrons. The topological polar surface area (TPSA) is 46.4 Å². The van der Waals surface area contributed by atoms with Gasteiger partial charge in [0.2, 0.25) is 0 Å². The van der Waals surface area contributed by atoms with Gasteiger partial charge in [-0.3, -0.25) is 9.20 Å². The third-order valence-corrected chi connectivity index (χ3v) is 3.56. The van der Waals surface area contributed by atoms with Crippen molar-refractivity contribution in [1.82, 2.24) is 9.38 Å². The van der Waals surface area contributed by atoms with Crippen LogP contribution in [0.4, 0.5) is 10.1 Å². The number of hydrogen-bond acceptors (Lipinski definition) is 2. The number of hydrogen-bond donors (Lipinski definition) is 1. The number of fused-ring (bicyclic) bond motifs is 1. The minimum Gasteiger partial charge on any atom is -0.321 e. The molecule has 6 heteroatoms. The minimum absolute atomic E-state index is 0.336. The van der Waals surface area contributed by atoms with Gasteiger partial charge in [0.25, 0.3) is 5.91 Å². The molecular formula is C16H13ClFN3O. The number of benzene rings is 1. The summed E-state index contributed by atoms with van der Waals surface area (Å²) in [6.45, 7) is 1.90. The van der Waals surface area contributed by atoms with E-state index in [4.69, 9.17) is 11.6 Å². The first-order chi connectivity index (χ1) is 10.6. The molecule has 0 aliphatic rings. The maximum Gasteiger partial charge on any atom is 0.274 e. The summed E-state index contributed by atoms with van der Waals surface area (Å²) in [5.41, 5.74) is 2.12. The van der Waals surface area contributed by atoms with Crippen LogP contribution in [0.15, 0.2) is 42.6 Å². The summed E-state index contributed by atoms with van der Waals surface area (Å²) in [6, 6.07) is 9.65. The predicted octanol–water partition coefficient (Wildman–Crippen LogP) is 3.94. The molecule has 3 aromatic rings. The molecule has 0 unspecified atom stereocenters. The molecule has 3 rings (SSSR count). The molecule has 0 spiro atoms. The van der Waals surface area contributed by atoms with Crippen molar-refractivity contribution in [3.8, 4) is 0 Å². The number of aromatic nitrogens is 2. The van der Waals surface area contributed by atoms with E-state index in [9.17, 15) is 9.18 Å². The molecule has 2 heterocycles. The Labute approximate surface area is 131 Å². The van der Waals surface area contributed by atoms with Crippen LogP contribution >= 0.6 is 11.6 Å². The molecule has 0 saturated carbocycles. The normalized spacial score (nSPS) is 10.9. The van der Waals surface area contributed by atoms with Crippen LogP contribution in [0.2, 0.25) is 5.02 Å². The number of carbonyl (C=O) groups excluding carboxylic acids is 1. The van der Waals surface area contributed by atoms with Crippen molar-refractivity contribution in [2.45, 2.75) is 13.3 Å². The summed E-state index contributed by atoms with van der Waals surface area (Å²) in [7, 11) is 0. The molecule has 22 heavy (non-hydrogen) atoms. The Morgan fingerprint density at radius 2 is 2.00 bits per heavy atom. The average molecular weight is 318 g/mol. The van der Waals surface area contributed by atoms with Gasteiger partial charge >= 0.3 is 0 Å². The third kappa shape index (κ3) is 2.67. The third-order valence-electron chi connectivity index (χ3n) is 3.31. The van der Waals surface area contributed by atoms with Gasteiger partial charge in [-0.15, -0.1) is 0 Å². The summed E-state index contributed by atoms with van der Waals surface area (Å²) in [5, 5.41) is 3.36. The van der Waals surface area contributed by atoms with E-state index < -0.39 is 5.82 Å². The van der Waals surface area contributed by atoms with Crippen molar-refractivity contribution in [3.05, 3.63) is 64.8 Å². The first kappa shape index (κ1) is 14.5. The van der Waals surface area contributed by atoms with E-state index in [-0.39, 0.29) is 5.91 Å². The first-order valence-corrected chi connectivity index (χ1v) is 7.19. The highest BCUT2D eigenvalue weighted by Crippen LogP contribution is 2.18. The number of nitrogens with one attached hydrogen (secondary N) is 1. The fourth-order valence-corrected chi connectivity index (χ4v) is 2.40. The van der Waals surface area contributed by atoms with Crippen molar-refractivity contribution in [2.24, 2.45) is 0 Å². The number of nitrogens with zero attached hydrogens (tertiary/aromatic N) is 2. The van der Waals surface area contributed by atoms with Crippen LogP contribution in [0.5, 0.6) is 0 Å². The van der Waals surface area contributed by atoms with E-state index in [2.05, 4.69) is 10.3 Å². The predicted molar refractivity (Wildman–Crippen MR) is 83.9 cm³/mol. The monoisotopic (exact) mass is 317 g/mol. The Morgan fingerprint density at radius 1 is 1.27 bits per heavy atom. The summed E-state index contributed by atoms with van der Waals surface area (Å²) < 4.78 is 14.9. The number of imidazole rings is 1. The summed E-state index contributed by atoms with van der Waals surface area (Å²) in [6.07, 6.45) is 1.84. The molecule has 4 nitrogen and oxygen atoms in total. The Balaban J connectivity index is 2.02. The van der Waals surface area contributed by atoms with Crippen molar-refractivity contribution in [3.63, 3.8) is 0 Å². The highest BCUT2D eigenvalue weighted by molar-refractivity contribution is 6.30. The van der Waals surface area contributed by atoms with Gasteiger partial charge in [-0.25, -0.2) is 9.37 Å². The number of pyridine rings is 1. The van der Waals surface area contributed by atoms with E-state index in [1.807, 2.05) is 6.92 Å². The SMILES string of the molecule is CCc1nc2ccc(F)cn2c1C(=O)Nc1ccc(Cl)cc1. The minimum atomic E-state index is -0.423. The van der Waals surface area contributed by atoms with Crippen LogP contribution in [-0.2, 0) is 6.42 Å². The quantitative estimate of drug-likeness (QED) is 0.795. The Morgan fingerprint density at radius 3 is 2.68 bits per heavy atom. The molecule has 1 aromatic carbocycles. The fraction of sp³-hybridized carbons (Fsp3) is 0.125. The molecule has 1 N–H and O–H groups in total. The van der Waals surface area contributed by atoms with Crippen LogP contribution in [0.3, 0.4) is 0 Å². The van der Waals surface area contributed by atoms with Crippen molar-refractivity contribution < 1.29 is 9.18 Å². The van der Waals surface area contributed by atoms with Gasteiger partial charge < -0.3 is 5.32 Å². The highest BCUT2D eigenvalue weighted by Gasteiger charge is 2.18. The summed E-state index contributed by atoms with van der Waals surface area (Å²) in [4.78, 5) is 16.9. The Bertz CT molecular complexity index is 842. The maximum absolute atomic E-state index is 13.5. The number of carbonyl (C=O) groups is 1. The lowest BCUT2D eigenvalue weighted by Gasteiger charge is -2.07. The van der Waals surface area contributed by atoms with Crippen LogP contribution in [0.1, 0.15) is 23.1 Å². The summed E-state index contributed by atoms with van der Waals surface area (Å²) in [5.74, 6) is -0.759. The molecule has 0 saturated heterocycles. The van der Waals surface area contributed by atoms with Crippen LogP contribution in [0.25, 0.3) is 5.65 Å². The van der Waals surface area contributed by atoms with E-state index in [1.54, 1.807) is 30.3 Å². The molecule has 0 aliphatic carbocycles. The lowest BCUT2D eigenvalue weighted by molar-refractivity contribution is 0.102. The molecular weight excluding hydrogens is 305 g/mol. The van der Waals surface area contributed by atoms with Gasteiger partial charge in [0, 0.05) is 16.9 Å². The number of amides is 1. The lowest BCUT2D eigenvalue weighted by atomic mass is 10.2. The smallest absolute Gasteiger partial charge is 0.274 e. The standard InChI is InChI=1S/C16H13ClFN3O/c1-2-13-15(21-9-11(18)5-8-14(21)20-13)16(22)19-12-6-3-10(17)4-7-12/h3-9H,2H2,1H3,(H,19,22). The molecule has 0 fully saturated rings. The van der Waals surface area contributed by atoms with Crippen LogP contribution < -0.4 is 5.32 Å². The molecule has 0 atom stereocenters. The largest absolute Gasteiger partial charge is 0.321 e. The Hall–Kier alpha value is -2.40. The van der Waals surface area contributed by atoms with E-state index in [0.717, 1.165) is 0 Å². The second kappa shape index (κ2) is 5.77. The molecule has 0 aliphatic heterocycles. The second-order valence-corrected chi connectivity index (χ2v) is 5.23. The zero-order chi connectivity index (χ0) is 15.7. The van der Waals surface area contributed by atoms with Gasteiger partial charge in [-0.2, -0.15) is 0 Å². The molecule has 0 radical (unpaired) electrons. The van der Waals surface area contributed by atoms with E-state index in [1.165, 1.54) is 16.7 Å². The van der Waals surface area contributed by atoms with Gasteiger partial charge in [0.05, 0.1) is 5.69 Å². The lowest BCUT2D eigenvalue weighted by Crippen LogP contribution is -2.16. The van der Waals surface area contributed by atoms with Crippen LogP contribution in [-0.4, -0.2) is 15.3 Å². The second-order valence-electron chi connectivity index (χ2n) is 4.80. The van der Waals surface area contributed by atoms with Gasteiger partial charge in [-0.05, 0) is 42.8 Å². The van der Waals surface area contributed by atoms with E-state index in [0.29, 0.717) is 34.2 Å². The number of aryl methyl sites for hydroxylation is 1. The first-order valence-electron chi connectivity index (χ1n) is 6.82. The number of halogens is 2. The van der Waals surface area contributed by atoms with Crippen molar-refractivity contribution >= 4 is 28.8 Å². The highest BCUT2D eigenvalue weighted by atomic mass is 35.5. The van der Waals surface area contributed by atoms with Crippen molar-refractivity contribution in [2.75, 3.05) is 5.32 Å². The maximum atomic E-state index is 13.5. The van der Waals surface area contributed by atoms with Crippen molar-refractivity contribution in [1.29, 1.82) is 0 Å². The van der Waals surface area contributed by atoms with E-state index >= 15 is 0 Å². The zero-order valence-corrected chi connectivity index (χ0v) is 12.6. The average Bonchev–Trinajstić information content (AvgIpc) is 2.87. The van der Waals surface area contributed by atoms with Gasteiger partial charge in [0.1, 0.15) is 17.2 Å². The number of anilines is 1. The molecule has 2 aromatic heterocycles. The Kier molecular flexibility index (Phi) is 3.81. The van der Waals surface area contributed by atoms with Gasteiger partial charge in [-0.1, -0.05) is 18.5 Å². The molecule has 0 bridgehead atoms. The number of rotatable bonds is 3. The zero-order valence-electron chi connectivity index (χ0n) is 11.8. The summed E-state index contributed by atoms with van der Waals surface area (Å²) >= 11 is 5.82. The van der Waals surface area contributed by atoms with Gasteiger partial charge in [0.15, 0.2) is 0 Å². The molecule has 1 amide bonds.